The maximum atomic E-state index is 5.31. The molecule has 1 saturated carbocycles. The van der Waals surface area contributed by atoms with Gasteiger partial charge in [0, 0.05) is 5.56 Å². The Morgan fingerprint density at radius 1 is 1.04 bits per heavy atom. The minimum atomic E-state index is -0.558. The van der Waals surface area contributed by atoms with E-state index in [0.717, 1.165) is 18.4 Å². The van der Waals surface area contributed by atoms with Crippen molar-refractivity contribution < 1.29 is 0 Å². The Labute approximate surface area is 154 Å². The Balaban J connectivity index is 1.77. The van der Waals surface area contributed by atoms with Gasteiger partial charge in [-0.15, -0.1) is 0 Å². The molecule has 0 aromatic heterocycles. The first kappa shape index (κ1) is 18.7. The van der Waals surface area contributed by atoms with E-state index in [1.165, 1.54) is 19.3 Å². The van der Waals surface area contributed by atoms with Crippen molar-refractivity contribution in [3.8, 4) is 0 Å². The highest BCUT2D eigenvalue weighted by atomic mass is 32.1. The Kier molecular flexibility index (Phi) is 7.05. The molecule has 0 amide bonds. The van der Waals surface area contributed by atoms with Gasteiger partial charge in [0.05, 0.1) is 6.04 Å². The van der Waals surface area contributed by atoms with Crippen molar-refractivity contribution in [1.82, 2.24) is 16.2 Å². The van der Waals surface area contributed by atoms with Crippen molar-refractivity contribution in [3.63, 3.8) is 0 Å². The molecule has 0 spiro atoms. The Morgan fingerprint density at radius 2 is 1.71 bits per heavy atom. The second kappa shape index (κ2) is 9.03. The number of azo groups is 1. The van der Waals surface area contributed by atoms with Crippen molar-refractivity contribution in [1.29, 1.82) is 0 Å². The minimum absolute atomic E-state index is 0.352. The second-order valence-corrected chi connectivity index (χ2v) is 7.28. The first-order valence-electron chi connectivity index (χ1n) is 8.32. The van der Waals surface area contributed by atoms with E-state index in [-0.39, 0.29) is 0 Å². The summed E-state index contributed by atoms with van der Waals surface area (Å²) in [5.41, 5.74) is 6.21. The topological polar surface area (TPSA) is 60.8 Å². The van der Waals surface area contributed by atoms with Gasteiger partial charge in [-0.25, -0.2) is 0 Å². The van der Waals surface area contributed by atoms with Crippen LogP contribution >= 0.6 is 24.4 Å². The van der Waals surface area contributed by atoms with Gasteiger partial charge in [0.25, 0.3) is 0 Å². The first-order chi connectivity index (χ1) is 11.5. The lowest BCUT2D eigenvalue weighted by Gasteiger charge is -2.24. The van der Waals surface area contributed by atoms with Gasteiger partial charge in [0.15, 0.2) is 5.11 Å². The molecule has 0 unspecified atom stereocenters. The fraction of sp³-hybridized carbons (Fsp3) is 0.529. The largest absolute Gasteiger partial charge is 0.336 e. The highest BCUT2D eigenvalue weighted by Crippen LogP contribution is 2.21. The van der Waals surface area contributed by atoms with Crippen LogP contribution in [0, 0.1) is 0 Å². The summed E-state index contributed by atoms with van der Waals surface area (Å²) in [4.78, 5) is 0.585. The third-order valence-electron chi connectivity index (χ3n) is 3.79. The highest BCUT2D eigenvalue weighted by molar-refractivity contribution is 7.81. The van der Waals surface area contributed by atoms with Crippen molar-refractivity contribution in [3.05, 3.63) is 35.9 Å². The molecule has 3 N–H and O–H groups in total. The molecular formula is C17H25N5S2. The molecule has 0 bridgehead atoms. The molecule has 130 valence electrons. The molecule has 24 heavy (non-hydrogen) atoms. The molecule has 1 aliphatic rings. The third kappa shape index (κ3) is 6.49. The molecule has 0 saturated heterocycles. The summed E-state index contributed by atoms with van der Waals surface area (Å²) in [6.07, 6.45) is 6.08. The number of hydrazine groups is 1. The molecule has 5 nitrogen and oxygen atoms in total. The van der Waals surface area contributed by atoms with Crippen molar-refractivity contribution in [2.75, 3.05) is 0 Å². The smallest absolute Gasteiger partial charge is 0.187 e. The quantitative estimate of drug-likeness (QED) is 0.431. The maximum Gasteiger partial charge on any atom is 0.187 e. The normalized spacial score (nSPS) is 15.9. The van der Waals surface area contributed by atoms with Gasteiger partial charge in [-0.3, -0.25) is 10.9 Å². The zero-order valence-electron chi connectivity index (χ0n) is 14.2. The maximum absolute atomic E-state index is 5.31. The van der Waals surface area contributed by atoms with Crippen LogP contribution in [0.2, 0.25) is 0 Å². The molecule has 1 aliphatic carbocycles. The molecular weight excluding hydrogens is 338 g/mol. The minimum Gasteiger partial charge on any atom is -0.336 e. The summed E-state index contributed by atoms with van der Waals surface area (Å²) < 4.78 is 0. The van der Waals surface area contributed by atoms with E-state index in [0.29, 0.717) is 16.1 Å². The molecule has 2 rings (SSSR count). The van der Waals surface area contributed by atoms with Crippen LogP contribution in [0.15, 0.2) is 40.6 Å². The summed E-state index contributed by atoms with van der Waals surface area (Å²) in [6, 6.07) is 10.1. The zero-order chi connectivity index (χ0) is 17.4. The number of nitrogens with zero attached hydrogens (tertiary/aromatic N) is 2. The number of hydrogen-bond donors (Lipinski definition) is 3. The number of thiocarbonyl (C=S) groups is 2. The summed E-state index contributed by atoms with van der Waals surface area (Å²) in [7, 11) is 0. The van der Waals surface area contributed by atoms with Gasteiger partial charge in [-0.1, -0.05) is 61.8 Å². The van der Waals surface area contributed by atoms with Crippen molar-refractivity contribution in [2.45, 2.75) is 57.7 Å². The summed E-state index contributed by atoms with van der Waals surface area (Å²) >= 11 is 10.6. The van der Waals surface area contributed by atoms with Gasteiger partial charge in [0.2, 0.25) is 0 Å². The van der Waals surface area contributed by atoms with Gasteiger partial charge in [-0.2, -0.15) is 10.2 Å². The van der Waals surface area contributed by atoms with E-state index in [1.54, 1.807) is 0 Å². The molecule has 0 radical (unpaired) electrons. The van der Waals surface area contributed by atoms with Crippen LogP contribution in [0.25, 0.3) is 0 Å². The molecule has 1 aromatic carbocycles. The zero-order valence-corrected chi connectivity index (χ0v) is 15.8. The van der Waals surface area contributed by atoms with Crippen LogP contribution in [0.4, 0.5) is 0 Å². The molecule has 0 aliphatic heterocycles. The van der Waals surface area contributed by atoms with E-state index in [4.69, 9.17) is 24.4 Å². The van der Waals surface area contributed by atoms with Crippen LogP contribution in [0.1, 0.15) is 51.5 Å². The lowest BCUT2D eigenvalue weighted by molar-refractivity contribution is 0.388. The number of benzene rings is 1. The molecule has 0 heterocycles. The van der Waals surface area contributed by atoms with Crippen LogP contribution in [-0.4, -0.2) is 21.8 Å². The Bertz CT molecular complexity index is 580. The highest BCUT2D eigenvalue weighted by Gasteiger charge is 2.19. The summed E-state index contributed by atoms with van der Waals surface area (Å²) in [5, 5.41) is 12.5. The van der Waals surface area contributed by atoms with Crippen molar-refractivity contribution >= 4 is 34.5 Å². The van der Waals surface area contributed by atoms with Gasteiger partial charge in [-0.05, 0) is 38.9 Å². The number of rotatable bonds is 4. The van der Waals surface area contributed by atoms with Crippen LogP contribution in [0.3, 0.4) is 0 Å². The SMILES string of the molecule is CC(C)(/N=N/C1CCCCC1)NC(=S)NNC(=S)c1ccccc1. The average Bonchev–Trinajstić information content (AvgIpc) is 2.59. The third-order valence-corrected chi connectivity index (χ3v) is 4.33. The van der Waals surface area contributed by atoms with Crippen LogP contribution < -0.4 is 16.2 Å². The molecule has 7 heteroatoms. The fourth-order valence-corrected chi connectivity index (χ4v) is 3.02. The number of nitrogens with one attached hydrogen (secondary N) is 3. The van der Waals surface area contributed by atoms with Crippen LogP contribution in [0.5, 0.6) is 0 Å². The predicted octanol–water partition coefficient (Wildman–Crippen LogP) is 3.85. The first-order valence-corrected chi connectivity index (χ1v) is 9.13. The Morgan fingerprint density at radius 3 is 2.38 bits per heavy atom. The van der Waals surface area contributed by atoms with E-state index in [2.05, 4.69) is 26.4 Å². The van der Waals surface area contributed by atoms with Crippen molar-refractivity contribution in [2.24, 2.45) is 10.2 Å². The lowest BCUT2D eigenvalue weighted by Crippen LogP contribution is -2.52. The van der Waals surface area contributed by atoms with Gasteiger partial charge >= 0.3 is 0 Å². The average molecular weight is 364 g/mol. The van der Waals surface area contributed by atoms with E-state index in [9.17, 15) is 0 Å². The fourth-order valence-electron chi connectivity index (χ4n) is 2.53. The van der Waals surface area contributed by atoms with Gasteiger partial charge in [0.1, 0.15) is 10.7 Å². The molecule has 0 atom stereocenters. The number of hydrogen-bond acceptors (Lipinski definition) is 4. The monoisotopic (exact) mass is 363 g/mol. The predicted molar refractivity (Wildman–Crippen MR) is 106 cm³/mol. The molecule has 1 aromatic rings. The van der Waals surface area contributed by atoms with E-state index in [1.807, 2.05) is 44.2 Å². The van der Waals surface area contributed by atoms with Gasteiger partial charge < -0.3 is 5.32 Å². The summed E-state index contributed by atoms with van der Waals surface area (Å²) in [6.45, 7) is 3.89. The molecule has 1 fully saturated rings. The van der Waals surface area contributed by atoms with E-state index >= 15 is 0 Å². The van der Waals surface area contributed by atoms with Crippen LogP contribution in [-0.2, 0) is 0 Å². The standard InChI is InChI=1S/C17H25N5S2/c1-17(2,22-19-14-11-7-4-8-12-14)18-16(24)21-20-15(23)13-9-5-3-6-10-13/h3,5-6,9-10,14H,4,7-8,11-12H2,1-2H3,(H,20,23)(H2,18,21,24)/b22-19+. The second-order valence-electron chi connectivity index (χ2n) is 6.47. The summed E-state index contributed by atoms with van der Waals surface area (Å²) in [5.74, 6) is 0. The Hall–Kier alpha value is -1.60. The lowest BCUT2D eigenvalue weighted by atomic mass is 9.96. The van der Waals surface area contributed by atoms with E-state index < -0.39 is 5.66 Å².